The van der Waals surface area contributed by atoms with Crippen molar-refractivity contribution >= 4 is 27.3 Å². The summed E-state index contributed by atoms with van der Waals surface area (Å²) >= 11 is 0. The van der Waals surface area contributed by atoms with E-state index in [2.05, 4.69) is 9.62 Å². The molecule has 2 heterocycles. The van der Waals surface area contributed by atoms with Gasteiger partial charge in [-0.2, -0.15) is 0 Å². The van der Waals surface area contributed by atoms with Gasteiger partial charge in [0.25, 0.3) is 0 Å². The summed E-state index contributed by atoms with van der Waals surface area (Å²) in [7, 11) is -3.62. The van der Waals surface area contributed by atoms with Gasteiger partial charge in [0.1, 0.15) is 0 Å². The number of benzene rings is 2. The number of nitrogens with zero attached hydrogens (tertiary/aromatic N) is 2. The molecule has 0 spiro atoms. The number of nitrogens with one attached hydrogen (secondary N) is 1. The maximum absolute atomic E-state index is 12.6. The number of morpholine rings is 1. The standard InChI is InChI=1S/C21H25N3O4S/c25-21-2-1-11-24(21)19-7-9-20(10-8-19)29(26,27)22-16-17-3-5-18(6-4-17)23-12-14-28-15-13-23/h3-10,22H,1-2,11-16H2. The van der Waals surface area contributed by atoms with Crippen LogP contribution < -0.4 is 14.5 Å². The van der Waals surface area contributed by atoms with Crippen LogP contribution in [-0.4, -0.2) is 47.2 Å². The zero-order valence-corrected chi connectivity index (χ0v) is 17.0. The van der Waals surface area contributed by atoms with Crippen LogP contribution in [0.4, 0.5) is 11.4 Å². The molecule has 2 aromatic carbocycles. The Hall–Kier alpha value is -2.42. The van der Waals surface area contributed by atoms with E-state index in [-0.39, 0.29) is 17.3 Å². The van der Waals surface area contributed by atoms with Crippen LogP contribution in [0.5, 0.6) is 0 Å². The Labute approximate surface area is 171 Å². The van der Waals surface area contributed by atoms with Gasteiger partial charge < -0.3 is 14.5 Å². The van der Waals surface area contributed by atoms with Crippen molar-refractivity contribution in [3.8, 4) is 0 Å². The first kappa shape index (κ1) is 19.9. The van der Waals surface area contributed by atoms with E-state index in [1.54, 1.807) is 29.2 Å². The second-order valence-electron chi connectivity index (χ2n) is 7.23. The molecule has 154 valence electrons. The summed E-state index contributed by atoms with van der Waals surface area (Å²) in [5.41, 5.74) is 2.75. The predicted octanol–water partition coefficient (Wildman–Crippen LogP) is 2.13. The van der Waals surface area contributed by atoms with Crippen LogP contribution in [0.2, 0.25) is 0 Å². The van der Waals surface area contributed by atoms with E-state index >= 15 is 0 Å². The van der Waals surface area contributed by atoms with Gasteiger partial charge in [0.2, 0.25) is 15.9 Å². The molecule has 2 aliphatic rings. The largest absolute Gasteiger partial charge is 0.378 e. The van der Waals surface area contributed by atoms with Crippen LogP contribution in [0.15, 0.2) is 53.4 Å². The van der Waals surface area contributed by atoms with E-state index in [4.69, 9.17) is 4.74 Å². The lowest BCUT2D eigenvalue weighted by atomic mass is 10.2. The lowest BCUT2D eigenvalue weighted by Crippen LogP contribution is -2.36. The summed E-state index contributed by atoms with van der Waals surface area (Å²) in [6.45, 7) is 4.09. The summed E-state index contributed by atoms with van der Waals surface area (Å²) in [6.07, 6.45) is 1.39. The number of anilines is 2. The summed E-state index contributed by atoms with van der Waals surface area (Å²) < 4.78 is 33.2. The van der Waals surface area contributed by atoms with Crippen molar-refractivity contribution in [2.45, 2.75) is 24.3 Å². The first-order valence-electron chi connectivity index (χ1n) is 9.85. The molecule has 1 N–H and O–H groups in total. The number of amides is 1. The van der Waals surface area contributed by atoms with Crippen molar-refractivity contribution in [1.82, 2.24) is 4.72 Å². The number of hydrogen-bond donors (Lipinski definition) is 1. The van der Waals surface area contributed by atoms with E-state index in [0.29, 0.717) is 13.0 Å². The average Bonchev–Trinajstić information content (AvgIpc) is 3.19. The second-order valence-corrected chi connectivity index (χ2v) is 9.00. The zero-order chi connectivity index (χ0) is 20.3. The van der Waals surface area contributed by atoms with Crippen LogP contribution in [0.3, 0.4) is 0 Å². The third-order valence-corrected chi connectivity index (χ3v) is 6.73. The molecular formula is C21H25N3O4S. The lowest BCUT2D eigenvalue weighted by Gasteiger charge is -2.28. The fraction of sp³-hybridized carbons (Fsp3) is 0.381. The number of hydrogen-bond acceptors (Lipinski definition) is 5. The minimum atomic E-state index is -3.62. The second kappa shape index (κ2) is 8.52. The van der Waals surface area contributed by atoms with Gasteiger partial charge in [-0.15, -0.1) is 0 Å². The first-order chi connectivity index (χ1) is 14.0. The number of sulfonamides is 1. The molecule has 7 nitrogen and oxygen atoms in total. The molecule has 0 atom stereocenters. The molecule has 8 heteroatoms. The quantitative estimate of drug-likeness (QED) is 0.782. The highest BCUT2D eigenvalue weighted by atomic mass is 32.2. The third kappa shape index (κ3) is 4.60. The molecule has 0 saturated carbocycles. The molecule has 0 bridgehead atoms. The number of carbonyl (C=O) groups excluding carboxylic acids is 1. The Balaban J connectivity index is 1.37. The minimum absolute atomic E-state index is 0.0826. The Morgan fingerprint density at radius 3 is 2.17 bits per heavy atom. The molecule has 0 radical (unpaired) electrons. The molecule has 1 amide bonds. The van der Waals surface area contributed by atoms with Crippen molar-refractivity contribution in [3.63, 3.8) is 0 Å². The van der Waals surface area contributed by atoms with Crippen molar-refractivity contribution < 1.29 is 17.9 Å². The Morgan fingerprint density at radius 1 is 0.897 bits per heavy atom. The fourth-order valence-corrected chi connectivity index (χ4v) is 4.65. The monoisotopic (exact) mass is 415 g/mol. The van der Waals surface area contributed by atoms with Gasteiger partial charge in [0, 0.05) is 44.0 Å². The molecule has 0 aliphatic carbocycles. The van der Waals surface area contributed by atoms with E-state index < -0.39 is 10.0 Å². The predicted molar refractivity (Wildman–Crippen MR) is 112 cm³/mol. The molecule has 0 unspecified atom stereocenters. The Kier molecular flexibility index (Phi) is 5.84. The maximum Gasteiger partial charge on any atom is 0.240 e. The van der Waals surface area contributed by atoms with Gasteiger partial charge >= 0.3 is 0 Å². The zero-order valence-electron chi connectivity index (χ0n) is 16.2. The van der Waals surface area contributed by atoms with Gasteiger partial charge in [0.05, 0.1) is 18.1 Å². The number of ether oxygens (including phenoxy) is 1. The minimum Gasteiger partial charge on any atom is -0.378 e. The summed E-state index contributed by atoms with van der Waals surface area (Å²) in [5.74, 6) is 0.0826. The summed E-state index contributed by atoms with van der Waals surface area (Å²) in [6, 6.07) is 14.4. The van der Waals surface area contributed by atoms with Crippen LogP contribution in [0.25, 0.3) is 0 Å². The first-order valence-corrected chi connectivity index (χ1v) is 11.3. The number of carbonyl (C=O) groups is 1. The number of rotatable bonds is 6. The summed E-state index contributed by atoms with van der Waals surface area (Å²) in [5, 5.41) is 0. The molecule has 0 aromatic heterocycles. The highest BCUT2D eigenvalue weighted by molar-refractivity contribution is 7.89. The van der Waals surface area contributed by atoms with E-state index in [9.17, 15) is 13.2 Å². The molecule has 29 heavy (non-hydrogen) atoms. The van der Waals surface area contributed by atoms with Gasteiger partial charge in [-0.05, 0) is 48.4 Å². The molecule has 2 aliphatic heterocycles. The van der Waals surface area contributed by atoms with Crippen molar-refractivity contribution in [2.75, 3.05) is 42.6 Å². The average molecular weight is 416 g/mol. The summed E-state index contributed by atoms with van der Waals surface area (Å²) in [4.78, 5) is 16.0. The smallest absolute Gasteiger partial charge is 0.240 e. The Bertz CT molecular complexity index is 952. The van der Waals surface area contributed by atoms with Crippen LogP contribution in [0, 0.1) is 0 Å². The highest BCUT2D eigenvalue weighted by Crippen LogP contribution is 2.23. The van der Waals surface area contributed by atoms with Gasteiger partial charge in [0.15, 0.2) is 0 Å². The topological polar surface area (TPSA) is 79.0 Å². The van der Waals surface area contributed by atoms with E-state index in [0.717, 1.165) is 49.7 Å². The fourth-order valence-electron chi connectivity index (χ4n) is 3.63. The normalized spacial score (nSPS) is 17.7. The van der Waals surface area contributed by atoms with Crippen molar-refractivity contribution in [1.29, 1.82) is 0 Å². The van der Waals surface area contributed by atoms with Gasteiger partial charge in [-0.25, -0.2) is 13.1 Å². The van der Waals surface area contributed by atoms with Crippen LogP contribution in [0.1, 0.15) is 18.4 Å². The van der Waals surface area contributed by atoms with Crippen LogP contribution in [-0.2, 0) is 26.1 Å². The molecule has 2 aromatic rings. The molecule has 2 fully saturated rings. The molecule has 4 rings (SSSR count). The van der Waals surface area contributed by atoms with Crippen molar-refractivity contribution in [2.24, 2.45) is 0 Å². The van der Waals surface area contributed by atoms with Gasteiger partial charge in [-0.3, -0.25) is 4.79 Å². The SMILES string of the molecule is O=C1CCCN1c1ccc(S(=O)(=O)NCc2ccc(N3CCOCC3)cc2)cc1. The third-order valence-electron chi connectivity index (χ3n) is 5.31. The maximum atomic E-state index is 12.6. The Morgan fingerprint density at radius 2 is 1.55 bits per heavy atom. The van der Waals surface area contributed by atoms with Crippen molar-refractivity contribution in [3.05, 3.63) is 54.1 Å². The van der Waals surface area contributed by atoms with Crippen LogP contribution >= 0.6 is 0 Å². The molecular weight excluding hydrogens is 390 g/mol. The lowest BCUT2D eigenvalue weighted by molar-refractivity contribution is -0.117. The highest BCUT2D eigenvalue weighted by Gasteiger charge is 2.22. The van der Waals surface area contributed by atoms with E-state index in [1.165, 1.54) is 0 Å². The molecule has 2 saturated heterocycles. The van der Waals surface area contributed by atoms with Gasteiger partial charge in [-0.1, -0.05) is 12.1 Å². The van der Waals surface area contributed by atoms with E-state index in [1.807, 2.05) is 24.3 Å².